The number of rotatable bonds is 6. The first-order valence-electron chi connectivity index (χ1n) is 13.7. The summed E-state index contributed by atoms with van der Waals surface area (Å²) in [6.07, 6.45) is 6.43. The monoisotopic (exact) mass is 517 g/mol. The van der Waals surface area contributed by atoms with Crippen molar-refractivity contribution >= 4 is 40.3 Å². The SMILES string of the molecule is CCCN1c2cc(C)c(/C=C3/SC(=Nc4ccccc4)N(CC4CCCO4)C3=O)cc2C(C)CC1(C)C. The van der Waals surface area contributed by atoms with E-state index in [1.807, 2.05) is 35.2 Å². The molecule has 37 heavy (non-hydrogen) atoms. The Morgan fingerprint density at radius 2 is 2.00 bits per heavy atom. The molecule has 0 N–H and O–H groups in total. The smallest absolute Gasteiger partial charge is 0.266 e. The first kappa shape index (κ1) is 26.1. The number of amides is 1. The summed E-state index contributed by atoms with van der Waals surface area (Å²) in [6, 6.07) is 14.5. The zero-order valence-electron chi connectivity index (χ0n) is 22.8. The quantitative estimate of drug-likeness (QED) is 0.378. The highest BCUT2D eigenvalue weighted by Crippen LogP contribution is 2.45. The van der Waals surface area contributed by atoms with Crippen LogP contribution in [0.2, 0.25) is 0 Å². The molecule has 3 aliphatic heterocycles. The van der Waals surface area contributed by atoms with Crippen molar-refractivity contribution in [1.82, 2.24) is 4.90 Å². The van der Waals surface area contributed by atoms with E-state index >= 15 is 0 Å². The van der Waals surface area contributed by atoms with Gasteiger partial charge in [0.05, 0.1) is 23.2 Å². The summed E-state index contributed by atoms with van der Waals surface area (Å²) < 4.78 is 5.87. The number of aliphatic imine (C=N–C) groups is 1. The summed E-state index contributed by atoms with van der Waals surface area (Å²) in [5.74, 6) is 0.489. The molecule has 0 radical (unpaired) electrons. The maximum absolute atomic E-state index is 13.7. The Bertz CT molecular complexity index is 1210. The molecular weight excluding hydrogens is 478 g/mol. The van der Waals surface area contributed by atoms with Gasteiger partial charge in [-0.3, -0.25) is 9.69 Å². The molecule has 0 bridgehead atoms. The van der Waals surface area contributed by atoms with Gasteiger partial charge in [0.2, 0.25) is 0 Å². The molecule has 0 aromatic heterocycles. The average Bonchev–Trinajstić information content (AvgIpc) is 3.47. The number of para-hydroxylation sites is 1. The number of ether oxygens (including phenoxy) is 1. The number of carbonyl (C=O) groups is 1. The lowest BCUT2D eigenvalue weighted by molar-refractivity contribution is -0.123. The van der Waals surface area contributed by atoms with Crippen molar-refractivity contribution in [2.75, 3.05) is 24.6 Å². The minimum atomic E-state index is 0.0223. The Labute approximate surface area is 226 Å². The predicted molar refractivity (Wildman–Crippen MR) is 156 cm³/mol. The third kappa shape index (κ3) is 5.37. The highest BCUT2D eigenvalue weighted by Gasteiger charge is 2.38. The second kappa shape index (κ2) is 10.7. The van der Waals surface area contributed by atoms with E-state index in [-0.39, 0.29) is 17.6 Å². The summed E-state index contributed by atoms with van der Waals surface area (Å²) in [4.78, 5) is 23.7. The van der Waals surface area contributed by atoms with Crippen LogP contribution in [0.5, 0.6) is 0 Å². The van der Waals surface area contributed by atoms with Crippen molar-refractivity contribution in [3.05, 3.63) is 64.1 Å². The third-order valence-corrected chi connectivity index (χ3v) is 8.79. The third-order valence-electron chi connectivity index (χ3n) is 7.79. The molecule has 2 atom stereocenters. The van der Waals surface area contributed by atoms with Crippen LogP contribution in [0.25, 0.3) is 6.08 Å². The summed E-state index contributed by atoms with van der Waals surface area (Å²) in [6.45, 7) is 13.8. The number of thioether (sulfide) groups is 1. The molecule has 3 heterocycles. The Hall–Kier alpha value is -2.57. The number of benzene rings is 2. The summed E-state index contributed by atoms with van der Waals surface area (Å²) in [5, 5.41) is 0.734. The number of hydrogen-bond donors (Lipinski definition) is 0. The van der Waals surface area contributed by atoms with Crippen LogP contribution >= 0.6 is 11.8 Å². The minimum Gasteiger partial charge on any atom is -0.376 e. The minimum absolute atomic E-state index is 0.0223. The Morgan fingerprint density at radius 3 is 2.70 bits per heavy atom. The lowest BCUT2D eigenvalue weighted by atomic mass is 9.79. The van der Waals surface area contributed by atoms with Crippen molar-refractivity contribution in [1.29, 1.82) is 0 Å². The van der Waals surface area contributed by atoms with E-state index < -0.39 is 0 Å². The molecular formula is C31H39N3O2S. The van der Waals surface area contributed by atoms with Gasteiger partial charge >= 0.3 is 0 Å². The van der Waals surface area contributed by atoms with Crippen LogP contribution < -0.4 is 4.90 Å². The molecule has 1 amide bonds. The molecule has 5 rings (SSSR count). The first-order chi connectivity index (χ1) is 17.8. The van der Waals surface area contributed by atoms with Gasteiger partial charge in [0, 0.05) is 24.4 Å². The molecule has 0 aliphatic carbocycles. The van der Waals surface area contributed by atoms with E-state index in [0.29, 0.717) is 12.5 Å². The Kier molecular flexibility index (Phi) is 7.51. The van der Waals surface area contributed by atoms with E-state index in [2.05, 4.69) is 57.7 Å². The maximum atomic E-state index is 13.7. The van der Waals surface area contributed by atoms with Crippen molar-refractivity contribution in [3.63, 3.8) is 0 Å². The van der Waals surface area contributed by atoms with Crippen LogP contribution in [0, 0.1) is 6.92 Å². The van der Waals surface area contributed by atoms with Crippen molar-refractivity contribution in [2.45, 2.75) is 77.9 Å². The van der Waals surface area contributed by atoms with E-state index in [4.69, 9.17) is 9.73 Å². The van der Waals surface area contributed by atoms with Crippen LogP contribution in [-0.4, -0.2) is 47.3 Å². The van der Waals surface area contributed by atoms with Crippen molar-refractivity contribution in [3.8, 4) is 0 Å². The molecule has 6 heteroatoms. The van der Waals surface area contributed by atoms with E-state index in [1.165, 1.54) is 28.6 Å². The molecule has 196 valence electrons. The Morgan fingerprint density at radius 1 is 1.22 bits per heavy atom. The lowest BCUT2D eigenvalue weighted by Gasteiger charge is -2.48. The number of carbonyl (C=O) groups excluding carboxylic acids is 1. The highest BCUT2D eigenvalue weighted by atomic mass is 32.2. The maximum Gasteiger partial charge on any atom is 0.266 e. The van der Waals surface area contributed by atoms with Crippen LogP contribution in [0.15, 0.2) is 52.4 Å². The molecule has 0 saturated carbocycles. The zero-order valence-corrected chi connectivity index (χ0v) is 23.6. The molecule has 2 unspecified atom stereocenters. The van der Waals surface area contributed by atoms with Gasteiger partial charge in [0.25, 0.3) is 5.91 Å². The molecule has 2 aromatic rings. The molecule has 2 fully saturated rings. The van der Waals surface area contributed by atoms with Gasteiger partial charge in [-0.1, -0.05) is 32.0 Å². The van der Waals surface area contributed by atoms with E-state index in [1.54, 1.807) is 0 Å². The molecule has 5 nitrogen and oxygen atoms in total. The summed E-state index contributed by atoms with van der Waals surface area (Å²) in [7, 11) is 0. The van der Waals surface area contributed by atoms with Gasteiger partial charge in [0.1, 0.15) is 0 Å². The fraction of sp³-hybridized carbons (Fsp3) is 0.484. The van der Waals surface area contributed by atoms with Gasteiger partial charge in [-0.05, 0) is 111 Å². The van der Waals surface area contributed by atoms with Gasteiger partial charge in [0.15, 0.2) is 5.17 Å². The van der Waals surface area contributed by atoms with Crippen LogP contribution in [0.3, 0.4) is 0 Å². The number of nitrogens with zero attached hydrogens (tertiary/aromatic N) is 3. The zero-order chi connectivity index (χ0) is 26.2. The van der Waals surface area contributed by atoms with Gasteiger partial charge in [-0.2, -0.15) is 0 Å². The van der Waals surface area contributed by atoms with Crippen molar-refractivity contribution < 1.29 is 9.53 Å². The number of hydrogen-bond acceptors (Lipinski definition) is 5. The molecule has 0 spiro atoms. The number of amidine groups is 1. The van der Waals surface area contributed by atoms with E-state index in [9.17, 15) is 4.79 Å². The number of aryl methyl sites for hydroxylation is 1. The van der Waals surface area contributed by atoms with Crippen LogP contribution in [0.4, 0.5) is 11.4 Å². The number of fused-ring (bicyclic) bond motifs is 1. The largest absolute Gasteiger partial charge is 0.376 e. The molecule has 2 aromatic carbocycles. The highest BCUT2D eigenvalue weighted by molar-refractivity contribution is 8.18. The molecule has 2 saturated heterocycles. The fourth-order valence-corrected chi connectivity index (χ4v) is 6.95. The van der Waals surface area contributed by atoms with Crippen molar-refractivity contribution in [2.24, 2.45) is 4.99 Å². The average molecular weight is 518 g/mol. The number of anilines is 1. The second-order valence-electron chi connectivity index (χ2n) is 11.2. The predicted octanol–water partition coefficient (Wildman–Crippen LogP) is 7.28. The lowest BCUT2D eigenvalue weighted by Crippen LogP contribution is -2.48. The van der Waals surface area contributed by atoms with Crippen LogP contribution in [-0.2, 0) is 9.53 Å². The summed E-state index contributed by atoms with van der Waals surface area (Å²) >= 11 is 1.48. The first-order valence-corrected chi connectivity index (χ1v) is 14.5. The normalized spacial score (nSPS) is 25.4. The Balaban J connectivity index is 1.50. The van der Waals surface area contributed by atoms with Gasteiger partial charge in [-0.25, -0.2) is 4.99 Å². The van der Waals surface area contributed by atoms with Gasteiger partial charge in [-0.15, -0.1) is 0 Å². The standard InChI is InChI=1S/C31H39N3O2S/c1-6-14-34-27-16-21(2)23(17-26(27)22(3)19-31(34,4)5)18-28-29(35)33(20-25-13-10-15-36-25)30(37-28)32-24-11-8-7-9-12-24/h7-9,11-12,16-18,22,25H,6,10,13-15,19-20H2,1-5H3/b28-18+,32-30?. The topological polar surface area (TPSA) is 45.1 Å². The molecule has 3 aliphatic rings. The van der Waals surface area contributed by atoms with Crippen LogP contribution in [0.1, 0.15) is 76.0 Å². The second-order valence-corrected chi connectivity index (χ2v) is 12.2. The van der Waals surface area contributed by atoms with E-state index in [0.717, 1.165) is 60.2 Å². The summed E-state index contributed by atoms with van der Waals surface area (Å²) in [5.41, 5.74) is 6.05. The fourth-order valence-electron chi connectivity index (χ4n) is 5.95. The van der Waals surface area contributed by atoms with Gasteiger partial charge < -0.3 is 9.64 Å².